The summed E-state index contributed by atoms with van der Waals surface area (Å²) in [6.45, 7) is 3.54. The van der Waals surface area contributed by atoms with Crippen molar-refractivity contribution < 1.29 is 13.3 Å². The first kappa shape index (κ1) is 13.8. The number of sulfone groups is 1. The molecule has 0 aliphatic carbocycles. The predicted molar refractivity (Wildman–Crippen MR) is 73.3 cm³/mol. The number of nitrogens with one attached hydrogen (secondary N) is 1. The highest BCUT2D eigenvalue weighted by molar-refractivity contribution is 7.91. The van der Waals surface area contributed by atoms with E-state index in [0.29, 0.717) is 17.7 Å². The van der Waals surface area contributed by atoms with Crippen molar-refractivity contribution in [2.45, 2.75) is 26.3 Å². The summed E-state index contributed by atoms with van der Waals surface area (Å²) in [5.41, 5.74) is 2.17. The predicted octanol–water partition coefficient (Wildman–Crippen LogP) is 1.81. The highest BCUT2D eigenvalue weighted by Crippen LogP contribution is 2.28. The van der Waals surface area contributed by atoms with Gasteiger partial charge in [0.05, 0.1) is 16.4 Å². The molecule has 19 heavy (non-hydrogen) atoms. The Balaban J connectivity index is 2.26. The fourth-order valence-electron chi connectivity index (χ4n) is 2.32. The standard InChI is InChI=1S/C12H16N2O4S/c1-8-5-9(2)12(14(15)16)6-11(8)13-10-3-4-19(17,18)7-10/h5-6,10,13H,3-4,7H2,1-2H3. The highest BCUT2D eigenvalue weighted by atomic mass is 32.2. The molecule has 1 aliphatic heterocycles. The molecule has 1 aliphatic rings. The maximum absolute atomic E-state index is 11.4. The largest absolute Gasteiger partial charge is 0.381 e. The second kappa shape index (κ2) is 4.80. The average Bonchev–Trinajstić information content (AvgIpc) is 2.61. The fourth-order valence-corrected chi connectivity index (χ4v) is 4.00. The second-order valence-corrected chi connectivity index (χ2v) is 7.18. The summed E-state index contributed by atoms with van der Waals surface area (Å²) < 4.78 is 22.8. The van der Waals surface area contributed by atoms with E-state index in [1.54, 1.807) is 13.0 Å². The van der Waals surface area contributed by atoms with Crippen LogP contribution in [0.1, 0.15) is 17.5 Å². The van der Waals surface area contributed by atoms with Gasteiger partial charge in [-0.2, -0.15) is 0 Å². The summed E-state index contributed by atoms with van der Waals surface area (Å²) >= 11 is 0. The van der Waals surface area contributed by atoms with Crippen molar-refractivity contribution in [2.75, 3.05) is 16.8 Å². The Bertz CT molecular complexity index is 625. The number of nitro benzene ring substituents is 1. The molecule has 0 amide bonds. The van der Waals surface area contributed by atoms with Crippen molar-refractivity contribution >= 4 is 21.2 Å². The van der Waals surface area contributed by atoms with E-state index in [-0.39, 0.29) is 23.2 Å². The molecule has 2 rings (SSSR count). The van der Waals surface area contributed by atoms with Gasteiger partial charge in [0.25, 0.3) is 5.69 Å². The molecule has 7 heteroatoms. The van der Waals surface area contributed by atoms with E-state index in [2.05, 4.69) is 5.32 Å². The summed E-state index contributed by atoms with van der Waals surface area (Å²) in [6, 6.07) is 3.06. The lowest BCUT2D eigenvalue weighted by atomic mass is 10.1. The van der Waals surface area contributed by atoms with Gasteiger partial charge in [-0.1, -0.05) is 0 Å². The second-order valence-electron chi connectivity index (χ2n) is 4.96. The van der Waals surface area contributed by atoms with Gasteiger partial charge in [0.15, 0.2) is 9.84 Å². The van der Waals surface area contributed by atoms with Gasteiger partial charge in [-0.3, -0.25) is 10.1 Å². The zero-order valence-electron chi connectivity index (χ0n) is 10.8. The van der Waals surface area contributed by atoms with Crippen LogP contribution in [0.2, 0.25) is 0 Å². The topological polar surface area (TPSA) is 89.3 Å². The number of benzene rings is 1. The smallest absolute Gasteiger partial charge is 0.274 e. The van der Waals surface area contributed by atoms with Gasteiger partial charge in [-0.25, -0.2) is 8.42 Å². The third-order valence-corrected chi connectivity index (χ3v) is 5.10. The molecule has 1 fully saturated rings. The Morgan fingerprint density at radius 1 is 1.32 bits per heavy atom. The van der Waals surface area contributed by atoms with Crippen LogP contribution in [0, 0.1) is 24.0 Å². The molecule has 104 valence electrons. The van der Waals surface area contributed by atoms with E-state index < -0.39 is 14.8 Å². The van der Waals surface area contributed by atoms with Crippen LogP contribution in [0.3, 0.4) is 0 Å². The summed E-state index contributed by atoms with van der Waals surface area (Å²) in [7, 11) is -2.96. The molecule has 0 saturated carbocycles. The molecular weight excluding hydrogens is 268 g/mol. The van der Waals surface area contributed by atoms with Gasteiger partial charge in [0.1, 0.15) is 0 Å². The number of hydrogen-bond acceptors (Lipinski definition) is 5. The molecule has 1 saturated heterocycles. The molecule has 1 N–H and O–H groups in total. The molecule has 1 aromatic rings. The van der Waals surface area contributed by atoms with E-state index in [9.17, 15) is 18.5 Å². The van der Waals surface area contributed by atoms with Gasteiger partial charge < -0.3 is 5.32 Å². The van der Waals surface area contributed by atoms with Gasteiger partial charge in [0.2, 0.25) is 0 Å². The summed E-state index contributed by atoms with van der Waals surface area (Å²) in [4.78, 5) is 10.5. The molecule has 1 atom stereocenters. The summed E-state index contributed by atoms with van der Waals surface area (Å²) in [5.74, 6) is 0.270. The lowest BCUT2D eigenvalue weighted by Crippen LogP contribution is -2.21. The number of aryl methyl sites for hydroxylation is 2. The minimum atomic E-state index is -2.96. The third-order valence-electron chi connectivity index (χ3n) is 3.33. The normalized spacial score (nSPS) is 21.3. The first-order chi connectivity index (χ1) is 8.78. The van der Waals surface area contributed by atoms with E-state index in [1.165, 1.54) is 6.07 Å². The van der Waals surface area contributed by atoms with Gasteiger partial charge in [-0.15, -0.1) is 0 Å². The molecule has 6 nitrogen and oxygen atoms in total. The van der Waals surface area contributed by atoms with Gasteiger partial charge in [-0.05, 0) is 31.9 Å². The van der Waals surface area contributed by atoms with Crippen LogP contribution in [0.25, 0.3) is 0 Å². The molecule has 0 radical (unpaired) electrons. The Hall–Kier alpha value is -1.63. The first-order valence-corrected chi connectivity index (χ1v) is 7.83. The minimum absolute atomic E-state index is 0.0500. The Morgan fingerprint density at radius 3 is 2.53 bits per heavy atom. The number of anilines is 1. The molecule has 1 heterocycles. The van der Waals surface area contributed by atoms with E-state index >= 15 is 0 Å². The van der Waals surface area contributed by atoms with Crippen molar-refractivity contribution in [1.29, 1.82) is 0 Å². The maximum atomic E-state index is 11.4. The lowest BCUT2D eigenvalue weighted by Gasteiger charge is -2.15. The van der Waals surface area contributed by atoms with Gasteiger partial charge >= 0.3 is 0 Å². The molecule has 0 aromatic heterocycles. The number of nitro groups is 1. The minimum Gasteiger partial charge on any atom is -0.381 e. The monoisotopic (exact) mass is 284 g/mol. The Labute approximate surface area is 111 Å². The van der Waals surface area contributed by atoms with Crippen LogP contribution in [0.4, 0.5) is 11.4 Å². The van der Waals surface area contributed by atoms with Crippen LogP contribution < -0.4 is 5.32 Å². The highest BCUT2D eigenvalue weighted by Gasteiger charge is 2.28. The van der Waals surface area contributed by atoms with Crippen LogP contribution in [-0.2, 0) is 9.84 Å². The van der Waals surface area contributed by atoms with Crippen molar-refractivity contribution in [3.05, 3.63) is 33.4 Å². The lowest BCUT2D eigenvalue weighted by molar-refractivity contribution is -0.385. The summed E-state index contributed by atoms with van der Waals surface area (Å²) in [6.07, 6.45) is 0.545. The zero-order chi connectivity index (χ0) is 14.2. The molecule has 1 unspecified atom stereocenters. The number of rotatable bonds is 3. The fraction of sp³-hybridized carbons (Fsp3) is 0.500. The SMILES string of the molecule is Cc1cc(C)c([N+](=O)[O-])cc1NC1CCS(=O)(=O)C1. The Kier molecular flexibility index (Phi) is 3.49. The molecule has 0 spiro atoms. The van der Waals surface area contributed by atoms with Crippen molar-refractivity contribution in [1.82, 2.24) is 0 Å². The molecule has 1 aromatic carbocycles. The summed E-state index contributed by atoms with van der Waals surface area (Å²) in [5, 5.41) is 14.0. The van der Waals surface area contributed by atoms with E-state index in [0.717, 1.165) is 5.56 Å². The van der Waals surface area contributed by atoms with Gasteiger partial charge in [0, 0.05) is 23.4 Å². The Morgan fingerprint density at radius 2 is 2.00 bits per heavy atom. The number of hydrogen-bond donors (Lipinski definition) is 1. The van der Waals surface area contributed by atoms with Crippen LogP contribution >= 0.6 is 0 Å². The van der Waals surface area contributed by atoms with Crippen LogP contribution in [-0.4, -0.2) is 30.9 Å². The van der Waals surface area contributed by atoms with Crippen LogP contribution in [0.5, 0.6) is 0 Å². The maximum Gasteiger partial charge on any atom is 0.274 e. The third kappa shape index (κ3) is 3.04. The molecular formula is C12H16N2O4S. The zero-order valence-corrected chi connectivity index (χ0v) is 11.7. The molecule has 0 bridgehead atoms. The quantitative estimate of drug-likeness (QED) is 0.675. The number of nitrogens with zero attached hydrogens (tertiary/aromatic N) is 1. The van der Waals surface area contributed by atoms with Crippen LogP contribution in [0.15, 0.2) is 12.1 Å². The van der Waals surface area contributed by atoms with E-state index in [4.69, 9.17) is 0 Å². The average molecular weight is 284 g/mol. The first-order valence-electron chi connectivity index (χ1n) is 6.01. The van der Waals surface area contributed by atoms with Crippen molar-refractivity contribution in [2.24, 2.45) is 0 Å². The van der Waals surface area contributed by atoms with Crippen molar-refractivity contribution in [3.63, 3.8) is 0 Å². The van der Waals surface area contributed by atoms with E-state index in [1.807, 2.05) is 6.92 Å². The van der Waals surface area contributed by atoms with Crippen molar-refractivity contribution in [3.8, 4) is 0 Å².